The summed E-state index contributed by atoms with van der Waals surface area (Å²) in [5, 5.41) is 3.68. The Bertz CT molecular complexity index is 701. The van der Waals surface area contributed by atoms with Crippen molar-refractivity contribution in [1.82, 2.24) is 15.3 Å². The number of rotatable bonds is 4. The van der Waals surface area contributed by atoms with Crippen LogP contribution in [0.25, 0.3) is 11.0 Å². The van der Waals surface area contributed by atoms with Crippen LogP contribution in [-0.2, 0) is 4.74 Å². The second-order valence-corrected chi connectivity index (χ2v) is 6.61. The third kappa shape index (κ3) is 2.40. The Morgan fingerprint density at radius 2 is 2.05 bits per heavy atom. The molecule has 1 aliphatic rings. The number of aromatic nitrogens is 2. The van der Waals surface area contributed by atoms with Gasteiger partial charge in [-0.3, -0.25) is 0 Å². The summed E-state index contributed by atoms with van der Waals surface area (Å²) in [6.07, 6.45) is 1.36. The quantitative estimate of drug-likeness (QED) is 0.809. The van der Waals surface area contributed by atoms with E-state index in [0.29, 0.717) is 12.1 Å². The van der Waals surface area contributed by atoms with Gasteiger partial charge in [-0.05, 0) is 31.0 Å². The van der Waals surface area contributed by atoms with Crippen LogP contribution in [0, 0.1) is 5.41 Å². The SMILES string of the molecule is COC1CC(NC(C)c2ccc3[nH]c(=O)[nH]c3c2)C1(C)C. The summed E-state index contributed by atoms with van der Waals surface area (Å²) in [5.41, 5.74) is 2.86. The molecule has 5 nitrogen and oxygen atoms in total. The molecule has 5 heteroatoms. The summed E-state index contributed by atoms with van der Waals surface area (Å²) >= 11 is 0. The lowest BCUT2D eigenvalue weighted by Crippen LogP contribution is -2.60. The molecule has 0 saturated heterocycles. The van der Waals surface area contributed by atoms with Crippen LogP contribution in [0.4, 0.5) is 0 Å². The van der Waals surface area contributed by atoms with E-state index in [4.69, 9.17) is 4.74 Å². The Morgan fingerprint density at radius 3 is 2.71 bits per heavy atom. The van der Waals surface area contributed by atoms with Crippen molar-refractivity contribution in [1.29, 1.82) is 0 Å². The number of ether oxygens (including phenoxy) is 1. The van der Waals surface area contributed by atoms with Gasteiger partial charge >= 0.3 is 5.69 Å². The van der Waals surface area contributed by atoms with E-state index in [-0.39, 0.29) is 17.1 Å². The molecular weight excluding hydrogens is 266 g/mol. The van der Waals surface area contributed by atoms with Gasteiger partial charge in [0.25, 0.3) is 0 Å². The van der Waals surface area contributed by atoms with Gasteiger partial charge < -0.3 is 20.0 Å². The van der Waals surface area contributed by atoms with Gasteiger partial charge in [0, 0.05) is 24.6 Å². The first-order valence-electron chi connectivity index (χ1n) is 7.42. The Kier molecular flexibility index (Phi) is 3.42. The Labute approximate surface area is 124 Å². The molecule has 0 bridgehead atoms. The number of benzene rings is 1. The summed E-state index contributed by atoms with van der Waals surface area (Å²) < 4.78 is 5.50. The van der Waals surface area contributed by atoms with E-state index in [9.17, 15) is 4.79 Å². The van der Waals surface area contributed by atoms with E-state index in [1.807, 2.05) is 12.1 Å². The van der Waals surface area contributed by atoms with E-state index in [1.54, 1.807) is 7.11 Å². The third-order valence-electron chi connectivity index (χ3n) is 4.95. The van der Waals surface area contributed by atoms with E-state index in [2.05, 4.69) is 42.1 Å². The summed E-state index contributed by atoms with van der Waals surface area (Å²) in [6.45, 7) is 6.63. The highest BCUT2D eigenvalue weighted by molar-refractivity contribution is 5.75. The van der Waals surface area contributed by atoms with Crippen LogP contribution in [0.15, 0.2) is 23.0 Å². The summed E-state index contributed by atoms with van der Waals surface area (Å²) in [6, 6.07) is 6.71. The lowest BCUT2D eigenvalue weighted by Gasteiger charge is -2.52. The molecule has 1 aromatic carbocycles. The van der Waals surface area contributed by atoms with Crippen molar-refractivity contribution < 1.29 is 4.74 Å². The van der Waals surface area contributed by atoms with Crippen molar-refractivity contribution in [3.8, 4) is 0 Å². The zero-order valence-corrected chi connectivity index (χ0v) is 13.0. The molecule has 2 aromatic rings. The molecule has 0 radical (unpaired) electrons. The maximum absolute atomic E-state index is 11.3. The van der Waals surface area contributed by atoms with Gasteiger partial charge in [-0.1, -0.05) is 19.9 Å². The monoisotopic (exact) mass is 289 g/mol. The molecule has 1 aromatic heterocycles. The first-order chi connectivity index (χ1) is 9.91. The molecular formula is C16H23N3O2. The maximum Gasteiger partial charge on any atom is 0.323 e. The number of hydrogen-bond acceptors (Lipinski definition) is 3. The maximum atomic E-state index is 11.3. The number of H-pyrrole nitrogens is 2. The van der Waals surface area contributed by atoms with Gasteiger partial charge in [-0.15, -0.1) is 0 Å². The zero-order valence-electron chi connectivity index (χ0n) is 13.0. The molecule has 3 unspecified atom stereocenters. The first-order valence-corrected chi connectivity index (χ1v) is 7.42. The molecule has 0 aliphatic heterocycles. The smallest absolute Gasteiger partial charge is 0.323 e. The number of fused-ring (bicyclic) bond motifs is 1. The van der Waals surface area contributed by atoms with Crippen LogP contribution < -0.4 is 11.0 Å². The topological polar surface area (TPSA) is 69.9 Å². The highest BCUT2D eigenvalue weighted by Crippen LogP contribution is 2.43. The number of nitrogens with one attached hydrogen (secondary N) is 3. The molecule has 3 rings (SSSR count). The van der Waals surface area contributed by atoms with Gasteiger partial charge in [-0.2, -0.15) is 0 Å². The van der Waals surface area contributed by atoms with Crippen LogP contribution in [-0.4, -0.2) is 29.2 Å². The number of aromatic amines is 2. The van der Waals surface area contributed by atoms with E-state index in [1.165, 1.54) is 5.56 Å². The standard InChI is InChI=1S/C16H23N3O2/c1-9(17-13-8-14(21-4)16(13,2)3)10-5-6-11-12(7-10)19-15(20)18-11/h5-7,9,13-14,17H,8H2,1-4H3,(H2,18,19,20). The molecule has 0 amide bonds. The lowest BCUT2D eigenvalue weighted by atomic mass is 9.64. The number of hydrogen-bond donors (Lipinski definition) is 3. The van der Waals surface area contributed by atoms with Crippen molar-refractivity contribution in [2.24, 2.45) is 5.41 Å². The average Bonchev–Trinajstić information content (AvgIpc) is 2.81. The Balaban J connectivity index is 1.75. The Morgan fingerprint density at radius 1 is 1.33 bits per heavy atom. The van der Waals surface area contributed by atoms with Crippen LogP contribution in [0.5, 0.6) is 0 Å². The summed E-state index contributed by atoms with van der Waals surface area (Å²) in [7, 11) is 1.78. The molecule has 1 heterocycles. The largest absolute Gasteiger partial charge is 0.381 e. The molecule has 114 valence electrons. The van der Waals surface area contributed by atoms with E-state index < -0.39 is 0 Å². The minimum absolute atomic E-state index is 0.148. The van der Waals surface area contributed by atoms with Crippen LogP contribution in [0.2, 0.25) is 0 Å². The van der Waals surface area contributed by atoms with Crippen molar-refractivity contribution in [2.75, 3.05) is 7.11 Å². The van der Waals surface area contributed by atoms with Crippen molar-refractivity contribution in [3.05, 3.63) is 34.2 Å². The van der Waals surface area contributed by atoms with Crippen LogP contribution in [0.1, 0.15) is 38.8 Å². The van der Waals surface area contributed by atoms with Crippen molar-refractivity contribution >= 4 is 11.0 Å². The van der Waals surface area contributed by atoms with E-state index >= 15 is 0 Å². The second kappa shape index (κ2) is 5.00. The molecule has 1 saturated carbocycles. The predicted molar refractivity (Wildman–Crippen MR) is 83.5 cm³/mol. The van der Waals surface area contributed by atoms with Crippen LogP contribution >= 0.6 is 0 Å². The fourth-order valence-electron chi connectivity index (χ4n) is 3.29. The third-order valence-corrected chi connectivity index (χ3v) is 4.95. The number of imidazole rings is 1. The van der Waals surface area contributed by atoms with Crippen LogP contribution in [0.3, 0.4) is 0 Å². The molecule has 1 aliphatic carbocycles. The van der Waals surface area contributed by atoms with Gasteiger partial charge in [0.1, 0.15) is 0 Å². The average molecular weight is 289 g/mol. The zero-order chi connectivity index (χ0) is 15.2. The van der Waals surface area contributed by atoms with Crippen molar-refractivity contribution in [2.45, 2.75) is 45.4 Å². The van der Waals surface area contributed by atoms with E-state index in [0.717, 1.165) is 17.5 Å². The van der Waals surface area contributed by atoms with Crippen molar-refractivity contribution in [3.63, 3.8) is 0 Å². The first kappa shape index (κ1) is 14.4. The minimum Gasteiger partial charge on any atom is -0.381 e. The summed E-state index contributed by atoms with van der Waals surface area (Å²) in [4.78, 5) is 16.9. The molecule has 3 atom stereocenters. The lowest BCUT2D eigenvalue weighted by molar-refractivity contribution is -0.0999. The number of methoxy groups -OCH3 is 1. The normalized spacial score (nSPS) is 25.7. The molecule has 1 fully saturated rings. The van der Waals surface area contributed by atoms with Gasteiger partial charge in [0.05, 0.1) is 17.1 Å². The predicted octanol–water partition coefficient (Wildman–Crippen LogP) is 2.32. The molecule has 3 N–H and O–H groups in total. The minimum atomic E-state index is -0.161. The Hall–Kier alpha value is -1.59. The molecule has 0 spiro atoms. The summed E-state index contributed by atoms with van der Waals surface area (Å²) in [5.74, 6) is 0. The highest BCUT2D eigenvalue weighted by atomic mass is 16.5. The van der Waals surface area contributed by atoms with Gasteiger partial charge in [-0.25, -0.2) is 4.79 Å². The van der Waals surface area contributed by atoms with Gasteiger partial charge in [0.2, 0.25) is 0 Å². The molecule has 21 heavy (non-hydrogen) atoms. The highest BCUT2D eigenvalue weighted by Gasteiger charge is 2.48. The fraction of sp³-hybridized carbons (Fsp3) is 0.562. The fourth-order valence-corrected chi connectivity index (χ4v) is 3.29. The second-order valence-electron chi connectivity index (χ2n) is 6.61. The van der Waals surface area contributed by atoms with Gasteiger partial charge in [0.15, 0.2) is 0 Å².